The molecule has 1 atom stereocenters. The molecule has 0 aromatic rings. The van der Waals surface area contributed by atoms with E-state index in [1.165, 1.54) is 0 Å². The van der Waals surface area contributed by atoms with Gasteiger partial charge in [0.25, 0.3) is 0 Å². The van der Waals surface area contributed by atoms with Crippen molar-refractivity contribution in [2.24, 2.45) is 0 Å². The van der Waals surface area contributed by atoms with E-state index in [1.54, 1.807) is 7.11 Å². The van der Waals surface area contributed by atoms with Crippen molar-refractivity contribution in [3.05, 3.63) is 0 Å². The van der Waals surface area contributed by atoms with Gasteiger partial charge in [-0.1, -0.05) is 0 Å². The summed E-state index contributed by atoms with van der Waals surface area (Å²) in [6, 6.07) is 0. The lowest BCUT2D eigenvalue weighted by Crippen LogP contribution is -2.34. The SMILES string of the molecule is COC(C)CNOC(C)(C)C. The summed E-state index contributed by atoms with van der Waals surface area (Å²) < 4.78 is 5.02. The van der Waals surface area contributed by atoms with E-state index in [9.17, 15) is 0 Å². The summed E-state index contributed by atoms with van der Waals surface area (Å²) in [5.74, 6) is 0. The third kappa shape index (κ3) is 7.78. The van der Waals surface area contributed by atoms with Gasteiger partial charge in [-0.15, -0.1) is 0 Å². The van der Waals surface area contributed by atoms with Gasteiger partial charge in [-0.2, -0.15) is 5.48 Å². The number of hydroxylamine groups is 1. The van der Waals surface area contributed by atoms with E-state index in [-0.39, 0.29) is 11.7 Å². The van der Waals surface area contributed by atoms with Gasteiger partial charge in [0.05, 0.1) is 11.7 Å². The van der Waals surface area contributed by atoms with E-state index in [0.29, 0.717) is 6.54 Å². The highest BCUT2D eigenvalue weighted by molar-refractivity contribution is 4.57. The van der Waals surface area contributed by atoms with Crippen LogP contribution in [0.25, 0.3) is 0 Å². The lowest BCUT2D eigenvalue weighted by molar-refractivity contribution is -0.0846. The molecule has 1 unspecified atom stereocenters. The second-order valence-corrected chi connectivity index (χ2v) is 3.61. The molecule has 0 rings (SSSR count). The number of hydrogen-bond donors (Lipinski definition) is 1. The number of methoxy groups -OCH3 is 1. The molecule has 0 aromatic heterocycles. The van der Waals surface area contributed by atoms with Crippen molar-refractivity contribution in [1.29, 1.82) is 0 Å². The zero-order valence-electron chi connectivity index (χ0n) is 8.10. The first-order valence-electron chi connectivity index (χ1n) is 3.89. The Labute approximate surface area is 69.0 Å². The Hall–Kier alpha value is -0.120. The lowest BCUT2D eigenvalue weighted by Gasteiger charge is -2.20. The fraction of sp³-hybridized carbons (Fsp3) is 1.00. The molecule has 0 fully saturated rings. The van der Waals surface area contributed by atoms with Gasteiger partial charge in [0.15, 0.2) is 0 Å². The molecule has 0 radical (unpaired) electrons. The summed E-state index contributed by atoms with van der Waals surface area (Å²) in [6.45, 7) is 8.69. The summed E-state index contributed by atoms with van der Waals surface area (Å²) in [5.41, 5.74) is 2.72. The van der Waals surface area contributed by atoms with Crippen LogP contribution in [0.3, 0.4) is 0 Å². The Morgan fingerprint density at radius 3 is 2.27 bits per heavy atom. The minimum absolute atomic E-state index is 0.131. The van der Waals surface area contributed by atoms with Gasteiger partial charge in [-0.25, -0.2) is 0 Å². The zero-order chi connectivity index (χ0) is 8.91. The third-order valence-electron chi connectivity index (χ3n) is 1.15. The van der Waals surface area contributed by atoms with Crippen molar-refractivity contribution in [1.82, 2.24) is 5.48 Å². The zero-order valence-corrected chi connectivity index (χ0v) is 8.10. The number of nitrogens with one attached hydrogen (secondary N) is 1. The van der Waals surface area contributed by atoms with E-state index in [1.807, 2.05) is 27.7 Å². The van der Waals surface area contributed by atoms with Crippen LogP contribution in [0.5, 0.6) is 0 Å². The fourth-order valence-corrected chi connectivity index (χ4v) is 0.459. The number of ether oxygens (including phenoxy) is 1. The first-order valence-corrected chi connectivity index (χ1v) is 3.89. The van der Waals surface area contributed by atoms with Crippen molar-refractivity contribution in [2.45, 2.75) is 39.4 Å². The average Bonchev–Trinajstić information content (AvgIpc) is 1.85. The Morgan fingerprint density at radius 2 is 1.91 bits per heavy atom. The smallest absolute Gasteiger partial charge is 0.0812 e. The molecule has 3 heteroatoms. The molecule has 0 bridgehead atoms. The van der Waals surface area contributed by atoms with Crippen LogP contribution in [-0.2, 0) is 9.57 Å². The summed E-state index contributed by atoms with van der Waals surface area (Å²) >= 11 is 0. The molecule has 11 heavy (non-hydrogen) atoms. The summed E-state index contributed by atoms with van der Waals surface area (Å²) in [7, 11) is 1.68. The van der Waals surface area contributed by atoms with Crippen molar-refractivity contribution < 1.29 is 9.57 Å². The minimum Gasteiger partial charge on any atom is -0.380 e. The molecule has 3 nitrogen and oxygen atoms in total. The molecule has 0 heterocycles. The van der Waals surface area contributed by atoms with Crippen LogP contribution in [0.2, 0.25) is 0 Å². The van der Waals surface area contributed by atoms with Gasteiger partial charge in [-0.05, 0) is 27.7 Å². The van der Waals surface area contributed by atoms with Gasteiger partial charge >= 0.3 is 0 Å². The van der Waals surface area contributed by atoms with Gasteiger partial charge in [0, 0.05) is 13.7 Å². The van der Waals surface area contributed by atoms with E-state index in [0.717, 1.165) is 0 Å². The maximum Gasteiger partial charge on any atom is 0.0812 e. The number of rotatable bonds is 4. The van der Waals surface area contributed by atoms with Crippen molar-refractivity contribution in [3.63, 3.8) is 0 Å². The summed E-state index contributed by atoms with van der Waals surface area (Å²) in [6.07, 6.45) is 0.192. The molecule has 68 valence electrons. The van der Waals surface area contributed by atoms with Gasteiger partial charge in [-0.3, -0.25) is 4.84 Å². The monoisotopic (exact) mass is 161 g/mol. The Bertz CT molecular complexity index is 98.8. The van der Waals surface area contributed by atoms with Gasteiger partial charge < -0.3 is 4.74 Å². The highest BCUT2D eigenvalue weighted by Crippen LogP contribution is 2.03. The van der Waals surface area contributed by atoms with Crippen LogP contribution >= 0.6 is 0 Å². The quantitative estimate of drug-likeness (QED) is 0.631. The maximum atomic E-state index is 5.27. The maximum absolute atomic E-state index is 5.27. The van der Waals surface area contributed by atoms with Gasteiger partial charge in [0.1, 0.15) is 0 Å². The van der Waals surface area contributed by atoms with Crippen molar-refractivity contribution in [2.75, 3.05) is 13.7 Å². The molecule has 0 aliphatic carbocycles. The summed E-state index contributed by atoms with van der Waals surface area (Å²) in [4.78, 5) is 5.27. The van der Waals surface area contributed by atoms with Crippen LogP contribution < -0.4 is 5.48 Å². The third-order valence-corrected chi connectivity index (χ3v) is 1.15. The largest absolute Gasteiger partial charge is 0.380 e. The van der Waals surface area contributed by atoms with E-state index < -0.39 is 0 Å². The Kier molecular flexibility index (Phi) is 4.65. The van der Waals surface area contributed by atoms with Crippen LogP contribution in [0.1, 0.15) is 27.7 Å². The van der Waals surface area contributed by atoms with Crippen LogP contribution in [-0.4, -0.2) is 25.4 Å². The van der Waals surface area contributed by atoms with Crippen LogP contribution in [0.15, 0.2) is 0 Å². The molecular weight excluding hydrogens is 142 g/mol. The summed E-state index contributed by atoms with van der Waals surface area (Å²) in [5, 5.41) is 0. The minimum atomic E-state index is -0.131. The van der Waals surface area contributed by atoms with Crippen molar-refractivity contribution >= 4 is 0 Å². The molecule has 0 aliphatic heterocycles. The molecule has 0 saturated heterocycles. The molecule has 0 saturated carbocycles. The normalized spacial score (nSPS) is 15.0. The van der Waals surface area contributed by atoms with Crippen LogP contribution in [0, 0.1) is 0 Å². The van der Waals surface area contributed by atoms with E-state index in [4.69, 9.17) is 9.57 Å². The van der Waals surface area contributed by atoms with E-state index >= 15 is 0 Å². The molecular formula is C8H19NO2. The predicted octanol–water partition coefficient (Wildman–Crippen LogP) is 1.34. The molecule has 0 aromatic carbocycles. The second-order valence-electron chi connectivity index (χ2n) is 3.61. The topological polar surface area (TPSA) is 30.5 Å². The first kappa shape index (κ1) is 10.9. The standard InChI is InChI=1S/C8H19NO2/c1-7(10-5)6-9-11-8(2,3)4/h7,9H,6H2,1-5H3. The van der Waals surface area contributed by atoms with Crippen molar-refractivity contribution in [3.8, 4) is 0 Å². The highest BCUT2D eigenvalue weighted by Gasteiger charge is 2.10. The predicted molar refractivity (Wildman–Crippen MR) is 45.3 cm³/mol. The lowest BCUT2D eigenvalue weighted by atomic mass is 10.2. The van der Waals surface area contributed by atoms with Crippen LogP contribution in [0.4, 0.5) is 0 Å². The second kappa shape index (κ2) is 4.70. The highest BCUT2D eigenvalue weighted by atomic mass is 16.7. The number of hydrogen-bond acceptors (Lipinski definition) is 3. The fourth-order valence-electron chi connectivity index (χ4n) is 0.459. The Morgan fingerprint density at radius 1 is 1.36 bits per heavy atom. The first-order chi connectivity index (χ1) is 4.95. The van der Waals surface area contributed by atoms with Gasteiger partial charge in [0.2, 0.25) is 0 Å². The molecule has 0 aliphatic rings. The van der Waals surface area contributed by atoms with E-state index in [2.05, 4.69) is 5.48 Å². The Balaban J connectivity index is 3.28. The molecule has 0 spiro atoms. The average molecular weight is 161 g/mol. The molecule has 1 N–H and O–H groups in total. The molecule has 0 amide bonds.